The van der Waals surface area contributed by atoms with E-state index in [4.69, 9.17) is 23.2 Å². The number of hydrogen-bond acceptors (Lipinski definition) is 2. The molecular weight excluding hydrogens is 374 g/mol. The smallest absolute Gasteiger partial charge is 0.255 e. The first-order valence-electron chi connectivity index (χ1n) is 7.68. The molecule has 0 aliphatic rings. The molecule has 3 nitrogen and oxygen atoms in total. The van der Waals surface area contributed by atoms with Gasteiger partial charge in [-0.3, -0.25) is 9.79 Å². The van der Waals surface area contributed by atoms with Crippen molar-refractivity contribution in [1.82, 2.24) is 0 Å². The molecule has 0 saturated heterocycles. The number of amides is 1. The van der Waals surface area contributed by atoms with Crippen LogP contribution in [-0.2, 0) is 0 Å². The van der Waals surface area contributed by atoms with Gasteiger partial charge >= 0.3 is 0 Å². The minimum atomic E-state index is -0.390. The number of nitrogens with zero attached hydrogens (tertiary/aromatic N) is 1. The fourth-order valence-corrected chi connectivity index (χ4v) is 2.71. The molecule has 0 radical (unpaired) electrons. The Morgan fingerprint density at radius 2 is 1.65 bits per heavy atom. The maximum absolute atomic E-state index is 13.7. The molecule has 0 aliphatic carbocycles. The van der Waals surface area contributed by atoms with Crippen LogP contribution < -0.4 is 5.32 Å². The van der Waals surface area contributed by atoms with Gasteiger partial charge in [0.15, 0.2) is 0 Å². The quantitative estimate of drug-likeness (QED) is 0.537. The van der Waals surface area contributed by atoms with Crippen LogP contribution >= 0.6 is 23.2 Å². The molecule has 3 aromatic rings. The average molecular weight is 387 g/mol. The second-order valence-corrected chi connectivity index (χ2v) is 6.20. The van der Waals surface area contributed by atoms with Gasteiger partial charge in [0.2, 0.25) is 0 Å². The van der Waals surface area contributed by atoms with Crippen LogP contribution in [-0.4, -0.2) is 12.1 Å². The topological polar surface area (TPSA) is 41.5 Å². The van der Waals surface area contributed by atoms with Crippen LogP contribution in [0.3, 0.4) is 0 Å². The van der Waals surface area contributed by atoms with Gasteiger partial charge in [-0.1, -0.05) is 59.6 Å². The lowest BCUT2D eigenvalue weighted by Crippen LogP contribution is -2.11. The summed E-state index contributed by atoms with van der Waals surface area (Å²) in [7, 11) is 0. The third-order valence-electron chi connectivity index (χ3n) is 3.57. The number of aliphatic imine (C=N–C) groups is 1. The second kappa shape index (κ2) is 8.13. The predicted octanol–water partition coefficient (Wildman–Crippen LogP) is 6.14. The van der Waals surface area contributed by atoms with Gasteiger partial charge in [-0.2, -0.15) is 0 Å². The van der Waals surface area contributed by atoms with Crippen molar-refractivity contribution in [1.29, 1.82) is 0 Å². The van der Waals surface area contributed by atoms with E-state index < -0.39 is 0 Å². The molecule has 6 heteroatoms. The summed E-state index contributed by atoms with van der Waals surface area (Å²) in [6, 6.07) is 18.0. The number of halogens is 3. The number of anilines is 1. The van der Waals surface area contributed by atoms with Gasteiger partial charge in [0.25, 0.3) is 5.91 Å². The van der Waals surface area contributed by atoms with Crippen LogP contribution in [0.4, 0.5) is 15.8 Å². The number of nitrogens with one attached hydrogen (secondary N) is 1. The summed E-state index contributed by atoms with van der Waals surface area (Å²) in [5.74, 6) is -0.696. The van der Waals surface area contributed by atoms with Gasteiger partial charge < -0.3 is 5.32 Å². The summed E-state index contributed by atoms with van der Waals surface area (Å²) >= 11 is 12.3. The Kier molecular flexibility index (Phi) is 5.66. The summed E-state index contributed by atoms with van der Waals surface area (Å²) < 4.78 is 13.7. The Morgan fingerprint density at radius 1 is 0.962 bits per heavy atom. The zero-order valence-corrected chi connectivity index (χ0v) is 14.9. The Balaban J connectivity index is 1.87. The van der Waals surface area contributed by atoms with E-state index in [1.165, 1.54) is 18.3 Å². The number of rotatable bonds is 4. The number of carbonyl (C=O) groups is 1. The highest BCUT2D eigenvalue weighted by Crippen LogP contribution is 2.34. The van der Waals surface area contributed by atoms with Gasteiger partial charge in [0.05, 0.1) is 21.4 Å². The van der Waals surface area contributed by atoms with Crippen molar-refractivity contribution in [2.45, 2.75) is 0 Å². The van der Waals surface area contributed by atoms with E-state index in [1.807, 2.05) is 6.07 Å². The molecule has 0 heterocycles. The summed E-state index contributed by atoms with van der Waals surface area (Å²) in [4.78, 5) is 16.5. The number of hydrogen-bond donors (Lipinski definition) is 1. The minimum absolute atomic E-state index is 0.282. The summed E-state index contributed by atoms with van der Waals surface area (Å²) in [5.41, 5.74) is 1.55. The number of carbonyl (C=O) groups excluding carboxylic acids is 1. The molecule has 0 atom stereocenters. The fourth-order valence-electron chi connectivity index (χ4n) is 2.24. The Bertz CT molecular complexity index is 975. The molecule has 26 heavy (non-hydrogen) atoms. The molecule has 0 bridgehead atoms. The van der Waals surface area contributed by atoms with Crippen molar-refractivity contribution in [3.63, 3.8) is 0 Å². The highest BCUT2D eigenvalue weighted by atomic mass is 35.5. The number of benzene rings is 3. The van der Waals surface area contributed by atoms with Crippen LogP contribution in [0, 0.1) is 5.82 Å². The Hall–Kier alpha value is -2.69. The highest BCUT2D eigenvalue weighted by molar-refractivity contribution is 6.38. The van der Waals surface area contributed by atoms with Gasteiger partial charge in [-0.15, -0.1) is 0 Å². The van der Waals surface area contributed by atoms with Crippen LogP contribution in [0.5, 0.6) is 0 Å². The zero-order valence-electron chi connectivity index (χ0n) is 13.4. The van der Waals surface area contributed by atoms with Crippen molar-refractivity contribution < 1.29 is 9.18 Å². The molecule has 1 N–H and O–H groups in total. The van der Waals surface area contributed by atoms with Crippen LogP contribution in [0.2, 0.25) is 10.0 Å². The van der Waals surface area contributed by atoms with Gasteiger partial charge in [0.1, 0.15) is 5.82 Å². The normalized spacial score (nSPS) is 10.9. The average Bonchev–Trinajstić information content (AvgIpc) is 2.65. The minimum Gasteiger partial charge on any atom is -0.321 e. The van der Waals surface area contributed by atoms with E-state index in [0.717, 1.165) is 0 Å². The molecule has 1 amide bonds. The van der Waals surface area contributed by atoms with E-state index in [-0.39, 0.29) is 16.7 Å². The summed E-state index contributed by atoms with van der Waals surface area (Å²) in [6.45, 7) is 0. The predicted molar refractivity (Wildman–Crippen MR) is 105 cm³/mol. The lowest BCUT2D eigenvalue weighted by molar-refractivity contribution is 0.102. The zero-order chi connectivity index (χ0) is 18.5. The second-order valence-electron chi connectivity index (χ2n) is 5.38. The van der Waals surface area contributed by atoms with Gasteiger partial charge in [-0.25, -0.2) is 4.39 Å². The van der Waals surface area contributed by atoms with Crippen molar-refractivity contribution in [2.24, 2.45) is 4.99 Å². The Morgan fingerprint density at radius 3 is 2.38 bits per heavy atom. The van der Waals surface area contributed by atoms with Crippen molar-refractivity contribution in [3.8, 4) is 0 Å². The monoisotopic (exact) mass is 386 g/mol. The first-order chi connectivity index (χ1) is 12.5. The first kappa shape index (κ1) is 18.1. The fraction of sp³-hybridized carbons (Fsp3) is 0. The lowest BCUT2D eigenvalue weighted by atomic mass is 10.2. The van der Waals surface area contributed by atoms with Crippen LogP contribution in [0.15, 0.2) is 71.7 Å². The van der Waals surface area contributed by atoms with Crippen molar-refractivity contribution in [3.05, 3.63) is 93.7 Å². The summed E-state index contributed by atoms with van der Waals surface area (Å²) in [6.07, 6.45) is 1.37. The molecule has 3 aromatic carbocycles. The SMILES string of the molecule is O=C(Nc1cc(N=Cc2ccccc2F)c(Cl)cc1Cl)c1ccccc1. The summed E-state index contributed by atoms with van der Waals surface area (Å²) in [5, 5.41) is 3.30. The Labute approximate surface area is 160 Å². The van der Waals surface area contributed by atoms with E-state index in [2.05, 4.69) is 10.3 Å². The van der Waals surface area contributed by atoms with Crippen molar-refractivity contribution in [2.75, 3.05) is 5.32 Å². The largest absolute Gasteiger partial charge is 0.321 e. The molecule has 0 aliphatic heterocycles. The molecule has 0 saturated carbocycles. The van der Waals surface area contributed by atoms with Crippen molar-refractivity contribution >= 4 is 46.7 Å². The molecule has 3 rings (SSSR count). The van der Waals surface area contributed by atoms with Crippen LogP contribution in [0.25, 0.3) is 0 Å². The lowest BCUT2D eigenvalue weighted by Gasteiger charge is -2.09. The maximum atomic E-state index is 13.7. The third kappa shape index (κ3) is 4.28. The molecule has 0 fully saturated rings. The van der Waals surface area contributed by atoms with E-state index in [9.17, 15) is 9.18 Å². The van der Waals surface area contributed by atoms with E-state index in [1.54, 1.807) is 48.5 Å². The standard InChI is InChI=1S/C20H13Cl2FN2O/c21-15-10-16(22)19(25-20(26)13-6-2-1-3-7-13)11-18(15)24-12-14-8-4-5-9-17(14)23/h1-12H,(H,25,26). The third-order valence-corrected chi connectivity index (χ3v) is 4.18. The molecular formula is C20H13Cl2FN2O. The van der Waals surface area contributed by atoms with Gasteiger partial charge in [-0.05, 0) is 30.3 Å². The highest BCUT2D eigenvalue weighted by Gasteiger charge is 2.11. The molecule has 0 aromatic heterocycles. The van der Waals surface area contributed by atoms with E-state index in [0.29, 0.717) is 27.5 Å². The maximum Gasteiger partial charge on any atom is 0.255 e. The van der Waals surface area contributed by atoms with Gasteiger partial charge in [0, 0.05) is 17.3 Å². The van der Waals surface area contributed by atoms with E-state index >= 15 is 0 Å². The molecule has 130 valence electrons. The molecule has 0 unspecified atom stereocenters. The molecule has 0 spiro atoms. The first-order valence-corrected chi connectivity index (χ1v) is 8.44. The van der Waals surface area contributed by atoms with Crippen LogP contribution in [0.1, 0.15) is 15.9 Å².